The van der Waals surface area contributed by atoms with Crippen LogP contribution in [0.25, 0.3) is 0 Å². The van der Waals surface area contributed by atoms with Crippen molar-refractivity contribution in [3.63, 3.8) is 0 Å². The van der Waals surface area contributed by atoms with E-state index in [4.69, 9.17) is 0 Å². The molecule has 0 aromatic heterocycles. The first-order chi connectivity index (χ1) is 0. The maximum absolute atomic E-state index is 0. The van der Waals surface area contributed by atoms with E-state index in [1.165, 1.54) is 0 Å². The molecule has 0 nitrogen and oxygen atoms in total. The normalized spacial score (nSPS) is 0. The van der Waals surface area contributed by atoms with Gasteiger partial charge < -0.3 is 0 Å². The predicted molar refractivity (Wildman–Crippen MR) is 0 cm³/mol. The van der Waals surface area contributed by atoms with E-state index >= 15 is 0 Å². The topological polar surface area (TPSA) is 0 Å². The number of hydrogen-bond acceptors (Lipinski definition) is 0. The van der Waals surface area contributed by atoms with E-state index < -0.39 is 0 Å². The van der Waals surface area contributed by atoms with E-state index in [-0.39, 0.29) is 0 Å². The fraction of sp³-hybridized carbons (Fsp3) is 0. The molecule has 7 heteroatoms. The molecule has 0 aromatic carbocycles. The molecule has 0 aliphatic heterocycles. The van der Waals surface area contributed by atoms with Crippen LogP contribution in [0.5, 0.6) is 0 Å². The van der Waals surface area contributed by atoms with Crippen LogP contribution in [0.2, 0.25) is 0 Å². The Hall–Kier alpha value is -7.00. The summed E-state index contributed by atoms with van der Waals surface area (Å²) in [6.07, 6.45) is 0. The second kappa shape index (κ2) is -0.0816. The molecule has 0 unspecified atom stereocenters. The molecular weight excluding hydrogens is 1870 g/mol. The molecule has 0 saturated carbocycles. The second-order valence-electron chi connectivity index (χ2n) is 0. The van der Waals surface area contributed by atoms with Gasteiger partial charge in [0, 0.05) is 0 Å². The summed E-state index contributed by atoms with van der Waals surface area (Å²) in [7, 11) is 0. The van der Waals surface area contributed by atoms with Crippen LogP contribution in [0.4, 0.5) is 0 Å². The Kier molecular flexibility index (Phi) is 0. The molecule has 0 aliphatic carbocycles. The average Bonchev–Trinajstić information content (AvgIpc) is 0. The molecule has 0 spiro atoms. The standard InChI is InChI=1S/7Rf. The summed E-state index contributed by atoms with van der Waals surface area (Å²) in [6, 6.07) is 0. The van der Waals surface area contributed by atoms with Gasteiger partial charge in [-0.1, -0.05) is 0 Å². The van der Waals surface area contributed by atoms with Gasteiger partial charge in [-0.3, -0.25) is 0 Å². The van der Waals surface area contributed by atoms with E-state index in [1.807, 2.05) is 0 Å². The van der Waals surface area contributed by atoms with Crippen LogP contribution in [0.1, 0.15) is 0 Å². The van der Waals surface area contributed by atoms with Gasteiger partial charge in [0.25, 0.3) is 0 Å². The molecule has 0 heterocycles. The van der Waals surface area contributed by atoms with E-state index in [0.29, 0.717) is 0 Å². The molecular formula is Rf7. The van der Waals surface area contributed by atoms with Gasteiger partial charge in [-0.05, 0) is 0 Å². The van der Waals surface area contributed by atoms with E-state index in [2.05, 4.69) is 0 Å². The van der Waals surface area contributed by atoms with Crippen LogP contribution in [-0.2, 0) is 0 Å². The van der Waals surface area contributed by atoms with Gasteiger partial charge in [0.05, 0.1) is 0 Å². The Bertz CT molecular complexity index is 0. The summed E-state index contributed by atoms with van der Waals surface area (Å²) in [5, 5.41) is 0. The van der Waals surface area contributed by atoms with Gasteiger partial charge >= 0.3 is 0 Å². The molecule has 0 amide bonds. The predicted octanol–water partition coefficient (Wildman–Crippen LogP) is 0. The largest absolute Gasteiger partial charge is 0 e. The van der Waals surface area contributed by atoms with Crippen molar-refractivity contribution in [3.8, 4) is 0 Å². The monoisotopic (exact) mass is 1870 g/mol. The third-order valence-electron chi connectivity index (χ3n) is 0. The summed E-state index contributed by atoms with van der Waals surface area (Å²) in [6.45, 7) is 0. The van der Waals surface area contributed by atoms with Gasteiger partial charge in [-0.25, -0.2) is 0 Å². The first-order valence-corrected chi connectivity index (χ1v) is 0. The number of hydrogen-bond donors (Lipinski definition) is 0. The van der Waals surface area contributed by atoms with Gasteiger partial charge in [-0.2, -0.15) is 0 Å². The van der Waals surface area contributed by atoms with Gasteiger partial charge in [0.2, 0.25) is 0 Å². The van der Waals surface area contributed by atoms with Crippen molar-refractivity contribution in [3.05, 3.63) is 0 Å². The van der Waals surface area contributed by atoms with Gasteiger partial charge in [0.1, 0.15) is 0 Å². The van der Waals surface area contributed by atoms with Crippen LogP contribution in [-0.4, -0.2) is 0 Å². The zero-order chi connectivity index (χ0) is 0. The van der Waals surface area contributed by atoms with Crippen molar-refractivity contribution in [1.29, 1.82) is 0 Å². The molecule has 7 heavy (non-hydrogen) atoms. The zero-order valence-corrected chi connectivity index (χ0v) is 49.7. The summed E-state index contributed by atoms with van der Waals surface area (Å²) in [5.41, 5.74) is 0. The zero-order valence-electron chi connectivity index (χ0n) is 4.95. The van der Waals surface area contributed by atoms with Crippen LogP contribution in [0.3, 0.4) is 0 Å². The van der Waals surface area contributed by atoms with Gasteiger partial charge in [-0.15, -0.1) is 0 Å². The summed E-state index contributed by atoms with van der Waals surface area (Å²) in [5.74, 6) is 0. The fourth-order valence-electron chi connectivity index (χ4n) is 0. The molecule has 0 atom stereocenters. The minimum Gasteiger partial charge on any atom is 0 e. The van der Waals surface area contributed by atoms with Gasteiger partial charge in [0.15, 0.2) is 0 Å². The van der Waals surface area contributed by atoms with Crippen molar-refractivity contribution in [2.24, 2.45) is 0 Å². The Morgan fingerprint density at radius 1 is 0.143 bits per heavy atom. The van der Waals surface area contributed by atoms with Crippen molar-refractivity contribution < 1.29 is 0 Å². The summed E-state index contributed by atoms with van der Waals surface area (Å²) >= 11 is 0. The SMILES string of the molecule is [Rf].[Rf].[Rf].[Rf].[Rf].[Rf].[Rf]. The smallest absolute Gasteiger partial charge is 0 e. The Balaban J connectivity index is 0. The van der Waals surface area contributed by atoms with Crippen molar-refractivity contribution >= 4 is 0 Å². The van der Waals surface area contributed by atoms with Crippen molar-refractivity contribution in [2.45, 2.75) is 0 Å². The maximum Gasteiger partial charge on any atom is 0 e. The third kappa shape index (κ3) is -0.184. The summed E-state index contributed by atoms with van der Waals surface area (Å²) in [4.78, 5) is 0. The first-order valence-electron chi connectivity index (χ1n) is 0. The van der Waals surface area contributed by atoms with E-state index in [9.17, 15) is 0 Å². The molecule has 0 radical (unpaired) electrons. The molecule has 0 saturated heterocycles. The minimum atomic E-state index is 0. The van der Waals surface area contributed by atoms with Crippen LogP contribution in [0.15, 0.2) is 0 Å². The Labute approximate surface area is 0 Å². The molecule has 0 fully saturated rings. The molecule has 0 aliphatic rings. The van der Waals surface area contributed by atoms with Crippen LogP contribution >= 0.6 is 0 Å². The third-order valence-corrected chi connectivity index (χ3v) is 0. The summed E-state index contributed by atoms with van der Waals surface area (Å²) < 4.78 is 0. The van der Waals surface area contributed by atoms with E-state index in [1.54, 1.807) is 0 Å². The maximum atomic E-state index is 0. The van der Waals surface area contributed by atoms with E-state index in [0.717, 1.165) is 0 Å². The first kappa shape index (κ1) is 0. The van der Waals surface area contributed by atoms with Crippen molar-refractivity contribution in [1.82, 2.24) is 0 Å². The van der Waals surface area contributed by atoms with Crippen LogP contribution in [0, 0.1) is 0 Å². The fourth-order valence-corrected chi connectivity index (χ4v) is 0. The molecule has 14 valence electrons. The Morgan fingerprint density at radius 3 is 0.143 bits per heavy atom. The number of rotatable bonds is 0. The molecule has 0 aromatic rings. The van der Waals surface area contributed by atoms with Crippen molar-refractivity contribution in [2.75, 3.05) is 0 Å². The quantitative estimate of drug-likeness (QED) is 0.321. The minimum absolute atomic E-state index is 0. The molecule has 0 N–H and O–H groups in total. The Morgan fingerprint density at radius 2 is 0.143 bits per heavy atom. The van der Waals surface area contributed by atoms with Crippen LogP contribution < -0.4 is 0 Å². The second-order valence-corrected chi connectivity index (χ2v) is 0. The molecule has 0 bridgehead atoms. The average molecular weight is 1870 g/mol. The molecule has 0 rings (SSSR count).